The van der Waals surface area contributed by atoms with Crippen molar-refractivity contribution in [1.82, 2.24) is 15.1 Å². The summed E-state index contributed by atoms with van der Waals surface area (Å²) in [6.07, 6.45) is 0.934. The summed E-state index contributed by atoms with van der Waals surface area (Å²) in [5, 5.41) is 6.69. The molecular weight excluding hydrogens is 375 g/mol. The van der Waals surface area contributed by atoms with Gasteiger partial charge >= 0.3 is 0 Å². The van der Waals surface area contributed by atoms with Crippen molar-refractivity contribution in [2.75, 3.05) is 44.6 Å². The van der Waals surface area contributed by atoms with Gasteiger partial charge in [0.15, 0.2) is 0 Å². The number of halogens is 2. The smallest absolute Gasteiger partial charge is 0.241 e. The van der Waals surface area contributed by atoms with E-state index in [1.807, 2.05) is 13.8 Å². The molecule has 0 spiro atoms. The van der Waals surface area contributed by atoms with Gasteiger partial charge in [0.05, 0.1) is 23.3 Å². The summed E-state index contributed by atoms with van der Waals surface area (Å²) in [6, 6.07) is 4.71. The van der Waals surface area contributed by atoms with E-state index in [1.54, 1.807) is 18.2 Å². The van der Waals surface area contributed by atoms with Crippen LogP contribution < -0.4 is 10.6 Å². The van der Waals surface area contributed by atoms with Crippen LogP contribution in [0.15, 0.2) is 18.2 Å². The van der Waals surface area contributed by atoms with E-state index in [2.05, 4.69) is 20.4 Å². The van der Waals surface area contributed by atoms with E-state index < -0.39 is 0 Å². The van der Waals surface area contributed by atoms with Crippen molar-refractivity contribution in [2.24, 2.45) is 0 Å². The predicted octanol–water partition coefficient (Wildman–Crippen LogP) is 2.46. The van der Waals surface area contributed by atoms with Gasteiger partial charge in [0, 0.05) is 37.7 Å². The van der Waals surface area contributed by atoms with E-state index in [0.29, 0.717) is 28.8 Å². The minimum Gasteiger partial charge on any atom is -0.355 e. The van der Waals surface area contributed by atoms with Crippen molar-refractivity contribution in [3.05, 3.63) is 28.2 Å². The number of nitrogens with zero attached hydrogens (tertiary/aromatic N) is 2. The molecule has 144 valence electrons. The number of anilines is 1. The minimum atomic E-state index is -0.280. The molecule has 26 heavy (non-hydrogen) atoms. The third-order valence-corrected chi connectivity index (χ3v) is 5.01. The number of hydrogen-bond donors (Lipinski definition) is 2. The lowest BCUT2D eigenvalue weighted by atomic mass is 10.2. The van der Waals surface area contributed by atoms with Gasteiger partial charge in [-0.25, -0.2) is 0 Å². The Morgan fingerprint density at radius 2 is 1.88 bits per heavy atom. The van der Waals surface area contributed by atoms with E-state index in [-0.39, 0.29) is 17.9 Å². The molecule has 1 atom stereocenters. The molecule has 1 saturated heterocycles. The molecule has 2 rings (SSSR count). The average Bonchev–Trinajstić information content (AvgIpc) is 2.62. The van der Waals surface area contributed by atoms with Crippen molar-refractivity contribution >= 4 is 40.7 Å². The van der Waals surface area contributed by atoms with Crippen LogP contribution in [0.1, 0.15) is 20.3 Å². The molecule has 0 bridgehead atoms. The highest BCUT2D eigenvalue weighted by Crippen LogP contribution is 2.25. The Morgan fingerprint density at radius 3 is 2.50 bits per heavy atom. The van der Waals surface area contributed by atoms with Crippen LogP contribution in [-0.2, 0) is 9.59 Å². The number of benzene rings is 1. The topological polar surface area (TPSA) is 64.7 Å². The van der Waals surface area contributed by atoms with Crippen LogP contribution in [0.5, 0.6) is 0 Å². The molecule has 0 saturated carbocycles. The van der Waals surface area contributed by atoms with Crippen molar-refractivity contribution in [3.8, 4) is 0 Å². The monoisotopic (exact) mass is 400 g/mol. The molecule has 1 heterocycles. The second kappa shape index (κ2) is 10.1. The Balaban J connectivity index is 1.80. The number of piperazine rings is 1. The van der Waals surface area contributed by atoms with Crippen LogP contribution >= 0.6 is 23.2 Å². The van der Waals surface area contributed by atoms with E-state index in [1.165, 1.54) is 0 Å². The minimum absolute atomic E-state index is 0.0588. The van der Waals surface area contributed by atoms with Gasteiger partial charge in [0.2, 0.25) is 11.8 Å². The summed E-state index contributed by atoms with van der Waals surface area (Å²) in [5.41, 5.74) is 0.555. The summed E-state index contributed by atoms with van der Waals surface area (Å²) in [6.45, 7) is 8.04. The first-order valence-electron chi connectivity index (χ1n) is 8.89. The number of carbonyl (C=O) groups excluding carboxylic acids is 2. The van der Waals surface area contributed by atoms with Gasteiger partial charge in [0.1, 0.15) is 0 Å². The molecule has 0 unspecified atom stereocenters. The van der Waals surface area contributed by atoms with E-state index in [4.69, 9.17) is 23.2 Å². The summed E-state index contributed by atoms with van der Waals surface area (Å²) < 4.78 is 0. The number of rotatable bonds is 7. The van der Waals surface area contributed by atoms with Crippen LogP contribution in [0.3, 0.4) is 0 Å². The normalized spacial score (nSPS) is 16.9. The maximum atomic E-state index is 12.5. The highest BCUT2D eigenvalue weighted by molar-refractivity contribution is 6.36. The number of hydrogen-bond acceptors (Lipinski definition) is 4. The first kappa shape index (κ1) is 21.0. The molecule has 1 aliphatic heterocycles. The molecule has 0 aliphatic carbocycles. The lowest BCUT2D eigenvalue weighted by Crippen LogP contribution is -2.54. The summed E-state index contributed by atoms with van der Waals surface area (Å²) >= 11 is 12.0. The standard InChI is InChI=1S/C18H26Cl2N4O2/c1-3-6-21-17(25)12-23-7-9-24(10-8-23)13(2)18(26)22-16-5-4-14(19)11-15(16)20/h4-5,11,13H,3,6-10,12H2,1-2H3,(H,21,25)(H,22,26)/t13-/m1/s1. The van der Waals surface area contributed by atoms with Crippen LogP contribution in [0.4, 0.5) is 5.69 Å². The molecule has 1 fully saturated rings. The molecule has 1 aromatic carbocycles. The van der Waals surface area contributed by atoms with Crippen molar-refractivity contribution < 1.29 is 9.59 Å². The molecule has 2 amide bonds. The van der Waals surface area contributed by atoms with Crippen molar-refractivity contribution in [1.29, 1.82) is 0 Å². The first-order valence-corrected chi connectivity index (χ1v) is 9.65. The fourth-order valence-corrected chi connectivity index (χ4v) is 3.28. The Morgan fingerprint density at radius 1 is 1.19 bits per heavy atom. The number of nitrogens with one attached hydrogen (secondary N) is 2. The van der Waals surface area contributed by atoms with E-state index in [0.717, 1.165) is 32.6 Å². The van der Waals surface area contributed by atoms with E-state index >= 15 is 0 Å². The molecular formula is C18H26Cl2N4O2. The zero-order valence-corrected chi connectivity index (χ0v) is 16.7. The van der Waals surface area contributed by atoms with Gasteiger partial charge < -0.3 is 10.6 Å². The third kappa shape index (κ3) is 6.13. The summed E-state index contributed by atoms with van der Waals surface area (Å²) in [5.74, 6) is -0.0492. The molecule has 8 heteroatoms. The quantitative estimate of drug-likeness (QED) is 0.737. The maximum Gasteiger partial charge on any atom is 0.241 e. The second-order valence-corrected chi connectivity index (χ2v) is 7.30. The van der Waals surface area contributed by atoms with Gasteiger partial charge in [-0.1, -0.05) is 30.1 Å². The van der Waals surface area contributed by atoms with Crippen molar-refractivity contribution in [3.63, 3.8) is 0 Å². The number of amides is 2. The first-order chi connectivity index (χ1) is 12.4. The third-order valence-electron chi connectivity index (χ3n) is 4.46. The Kier molecular flexibility index (Phi) is 8.15. The fraction of sp³-hybridized carbons (Fsp3) is 0.556. The van der Waals surface area contributed by atoms with Crippen LogP contribution in [0.25, 0.3) is 0 Å². The Labute approximate surface area is 164 Å². The van der Waals surface area contributed by atoms with E-state index in [9.17, 15) is 9.59 Å². The van der Waals surface area contributed by atoms with Crippen LogP contribution in [0, 0.1) is 0 Å². The summed E-state index contributed by atoms with van der Waals surface area (Å²) in [7, 11) is 0. The summed E-state index contributed by atoms with van der Waals surface area (Å²) in [4.78, 5) is 28.5. The molecule has 2 N–H and O–H groups in total. The predicted molar refractivity (Wildman–Crippen MR) is 106 cm³/mol. The largest absolute Gasteiger partial charge is 0.355 e. The van der Waals surface area contributed by atoms with Gasteiger partial charge in [0.25, 0.3) is 0 Å². The Bertz CT molecular complexity index is 634. The van der Waals surface area contributed by atoms with Crippen molar-refractivity contribution in [2.45, 2.75) is 26.3 Å². The second-order valence-electron chi connectivity index (χ2n) is 6.45. The van der Waals surface area contributed by atoms with Crippen LogP contribution in [0.2, 0.25) is 10.0 Å². The molecule has 0 radical (unpaired) electrons. The average molecular weight is 401 g/mol. The lowest BCUT2D eigenvalue weighted by Gasteiger charge is -2.37. The zero-order chi connectivity index (χ0) is 19.1. The lowest BCUT2D eigenvalue weighted by molar-refractivity contribution is -0.124. The molecule has 0 aromatic heterocycles. The molecule has 1 aromatic rings. The fourth-order valence-electron chi connectivity index (χ4n) is 2.83. The van der Waals surface area contributed by atoms with Gasteiger partial charge in [-0.3, -0.25) is 19.4 Å². The highest BCUT2D eigenvalue weighted by Gasteiger charge is 2.26. The SMILES string of the molecule is CCCNC(=O)CN1CCN([C@H](C)C(=O)Nc2ccc(Cl)cc2Cl)CC1. The highest BCUT2D eigenvalue weighted by atomic mass is 35.5. The maximum absolute atomic E-state index is 12.5. The number of carbonyl (C=O) groups is 2. The van der Waals surface area contributed by atoms with Crippen LogP contribution in [-0.4, -0.2) is 66.9 Å². The van der Waals surface area contributed by atoms with Gasteiger partial charge in [-0.2, -0.15) is 0 Å². The molecule has 6 nitrogen and oxygen atoms in total. The Hall–Kier alpha value is -1.34. The van der Waals surface area contributed by atoms with Gasteiger partial charge in [-0.05, 0) is 31.5 Å². The van der Waals surface area contributed by atoms with Gasteiger partial charge in [-0.15, -0.1) is 0 Å². The molecule has 1 aliphatic rings. The zero-order valence-electron chi connectivity index (χ0n) is 15.2.